The normalized spacial score (nSPS) is 16.3. The number of aryl methyl sites for hydroxylation is 1. The zero-order chi connectivity index (χ0) is 22.8. The number of furan rings is 1. The Morgan fingerprint density at radius 1 is 1.34 bits per heavy atom. The predicted molar refractivity (Wildman–Crippen MR) is 128 cm³/mol. The summed E-state index contributed by atoms with van der Waals surface area (Å²) in [5.41, 5.74) is 1.26. The van der Waals surface area contributed by atoms with Crippen molar-refractivity contribution in [2.45, 2.75) is 32.9 Å². The molecule has 1 amide bonds. The maximum Gasteiger partial charge on any atom is 0.267 e. The van der Waals surface area contributed by atoms with E-state index in [9.17, 15) is 14.7 Å². The number of carbonyl (C=O) groups excluding carboxylic acids is 1. The second-order valence-corrected chi connectivity index (χ2v) is 9.02. The van der Waals surface area contributed by atoms with Crippen molar-refractivity contribution >= 4 is 51.7 Å². The van der Waals surface area contributed by atoms with Crippen LogP contribution in [-0.4, -0.2) is 42.3 Å². The molecule has 0 aromatic carbocycles. The Labute approximate surface area is 193 Å². The molecule has 32 heavy (non-hydrogen) atoms. The fraction of sp³-hybridized carbons (Fsp3) is 0.273. The highest BCUT2D eigenvalue weighted by atomic mass is 32.2. The number of amides is 1. The number of aliphatic hydroxyl groups excluding tert-OH is 1. The van der Waals surface area contributed by atoms with Crippen LogP contribution in [0.3, 0.4) is 0 Å². The van der Waals surface area contributed by atoms with Crippen LogP contribution < -0.4 is 10.9 Å². The first-order valence-electron chi connectivity index (χ1n) is 10.1. The van der Waals surface area contributed by atoms with Gasteiger partial charge < -0.3 is 14.8 Å². The van der Waals surface area contributed by atoms with Gasteiger partial charge in [-0.25, -0.2) is 4.98 Å². The molecule has 1 fully saturated rings. The van der Waals surface area contributed by atoms with Crippen LogP contribution in [0.1, 0.15) is 30.2 Å². The smallest absolute Gasteiger partial charge is 0.267 e. The predicted octanol–water partition coefficient (Wildman–Crippen LogP) is 3.18. The highest BCUT2D eigenvalue weighted by Gasteiger charge is 2.33. The molecule has 0 unspecified atom stereocenters. The van der Waals surface area contributed by atoms with Crippen LogP contribution >= 0.6 is 24.0 Å². The summed E-state index contributed by atoms with van der Waals surface area (Å²) < 4.78 is 7.17. The van der Waals surface area contributed by atoms with E-state index in [2.05, 4.69) is 10.3 Å². The fourth-order valence-electron chi connectivity index (χ4n) is 3.35. The van der Waals surface area contributed by atoms with Crippen LogP contribution in [0.2, 0.25) is 0 Å². The van der Waals surface area contributed by atoms with E-state index in [1.807, 2.05) is 19.9 Å². The second kappa shape index (κ2) is 9.27. The van der Waals surface area contributed by atoms with E-state index in [0.29, 0.717) is 32.9 Å². The van der Waals surface area contributed by atoms with Crippen LogP contribution in [0.5, 0.6) is 0 Å². The van der Waals surface area contributed by atoms with Gasteiger partial charge in [-0.15, -0.1) is 0 Å². The first kappa shape index (κ1) is 22.3. The molecular weight excluding hydrogens is 448 g/mol. The third-order valence-electron chi connectivity index (χ3n) is 5.18. The number of pyridine rings is 1. The van der Waals surface area contributed by atoms with E-state index >= 15 is 0 Å². The molecule has 4 heterocycles. The summed E-state index contributed by atoms with van der Waals surface area (Å²) in [5.74, 6) is 0.633. The maximum absolute atomic E-state index is 13.4. The van der Waals surface area contributed by atoms with Gasteiger partial charge in [-0.2, -0.15) is 0 Å². The Morgan fingerprint density at radius 2 is 2.16 bits per heavy atom. The van der Waals surface area contributed by atoms with Crippen molar-refractivity contribution in [1.82, 2.24) is 14.3 Å². The quantitative estimate of drug-likeness (QED) is 0.401. The van der Waals surface area contributed by atoms with Crippen molar-refractivity contribution in [2.75, 3.05) is 11.9 Å². The highest BCUT2D eigenvalue weighted by molar-refractivity contribution is 8.26. The number of nitrogens with zero attached hydrogens (tertiary/aromatic N) is 3. The molecule has 1 atom stereocenters. The Balaban J connectivity index is 1.79. The van der Waals surface area contributed by atoms with E-state index in [-0.39, 0.29) is 36.2 Å². The number of nitrogens with one attached hydrogen (secondary N) is 1. The van der Waals surface area contributed by atoms with Crippen LogP contribution in [0.25, 0.3) is 11.7 Å². The first-order chi connectivity index (χ1) is 15.4. The molecule has 1 saturated heterocycles. The zero-order valence-corrected chi connectivity index (χ0v) is 19.2. The summed E-state index contributed by atoms with van der Waals surface area (Å²) >= 11 is 6.52. The number of hydrogen-bond donors (Lipinski definition) is 2. The highest BCUT2D eigenvalue weighted by Crippen LogP contribution is 2.34. The summed E-state index contributed by atoms with van der Waals surface area (Å²) in [5, 5.41) is 12.8. The molecule has 3 aromatic heterocycles. The number of hydrogen-bond acceptors (Lipinski definition) is 8. The van der Waals surface area contributed by atoms with E-state index in [4.69, 9.17) is 16.6 Å². The number of fused-ring (bicyclic) bond motifs is 1. The summed E-state index contributed by atoms with van der Waals surface area (Å²) in [6.07, 6.45) is 5.34. The molecule has 0 bridgehead atoms. The molecule has 1 aliphatic heterocycles. The minimum atomic E-state index is -0.315. The molecule has 2 N–H and O–H groups in total. The topological polar surface area (TPSA) is 100 Å². The van der Waals surface area contributed by atoms with Crippen molar-refractivity contribution in [3.63, 3.8) is 0 Å². The van der Waals surface area contributed by atoms with Crippen molar-refractivity contribution in [3.8, 4) is 0 Å². The van der Waals surface area contributed by atoms with Crippen molar-refractivity contribution < 1.29 is 14.3 Å². The van der Waals surface area contributed by atoms with Gasteiger partial charge in [0.1, 0.15) is 21.5 Å². The Morgan fingerprint density at radius 3 is 2.84 bits per heavy atom. The molecular formula is C22H22N4O4S2. The number of aliphatic hydroxyl groups is 1. The van der Waals surface area contributed by atoms with Crippen molar-refractivity contribution in [3.05, 3.63) is 68.9 Å². The molecule has 4 rings (SSSR count). The van der Waals surface area contributed by atoms with Gasteiger partial charge >= 0.3 is 0 Å². The third kappa shape index (κ3) is 4.21. The minimum Gasteiger partial charge on any atom is -0.467 e. The molecule has 1 aliphatic rings. The second-order valence-electron chi connectivity index (χ2n) is 7.34. The maximum atomic E-state index is 13.4. The summed E-state index contributed by atoms with van der Waals surface area (Å²) in [7, 11) is 0. The number of aromatic nitrogens is 2. The average molecular weight is 471 g/mol. The van der Waals surface area contributed by atoms with Gasteiger partial charge in [-0.1, -0.05) is 37.0 Å². The number of thiocarbonyl (C=S) groups is 1. The number of carbonyl (C=O) groups is 1. The van der Waals surface area contributed by atoms with Crippen molar-refractivity contribution in [1.29, 1.82) is 0 Å². The Hall–Kier alpha value is -2.95. The minimum absolute atomic E-state index is 0.115. The average Bonchev–Trinajstić information content (AvgIpc) is 3.39. The summed E-state index contributed by atoms with van der Waals surface area (Å²) in [6.45, 7) is 3.90. The van der Waals surface area contributed by atoms with Crippen molar-refractivity contribution in [2.24, 2.45) is 0 Å². The summed E-state index contributed by atoms with van der Waals surface area (Å²) in [6, 6.07) is 6.87. The zero-order valence-electron chi connectivity index (χ0n) is 17.6. The van der Waals surface area contributed by atoms with E-state index in [0.717, 1.165) is 17.3 Å². The number of thioether (sulfide) groups is 1. The fourth-order valence-corrected chi connectivity index (χ4v) is 4.58. The standard InChI is InChI=1S/C22H22N4O4S2/c1-3-14(12-27)23-18-16(20(28)25-8-4-6-13(2)19(25)24-18)10-17-21(29)26(22(31)32-17)11-15-7-5-9-30-15/h4-10,14,23,27H,3,11-12H2,1-2H3/b17-10+/t14-/m0/s1. The van der Waals surface area contributed by atoms with Gasteiger partial charge in [-0.05, 0) is 43.2 Å². The third-order valence-corrected chi connectivity index (χ3v) is 6.56. The van der Waals surface area contributed by atoms with E-state index in [1.165, 1.54) is 21.6 Å². The largest absolute Gasteiger partial charge is 0.467 e. The lowest BCUT2D eigenvalue weighted by Crippen LogP contribution is -2.28. The molecule has 3 aromatic rings. The molecule has 8 nitrogen and oxygen atoms in total. The van der Waals surface area contributed by atoms with Gasteiger partial charge in [0.25, 0.3) is 11.5 Å². The lowest BCUT2D eigenvalue weighted by atomic mass is 10.2. The van der Waals surface area contributed by atoms with Gasteiger partial charge in [-0.3, -0.25) is 18.9 Å². The van der Waals surface area contributed by atoms with E-state index < -0.39 is 0 Å². The van der Waals surface area contributed by atoms with Crippen LogP contribution in [-0.2, 0) is 11.3 Å². The summed E-state index contributed by atoms with van der Waals surface area (Å²) in [4.78, 5) is 32.8. The van der Waals surface area contributed by atoms with Crippen LogP contribution in [0.15, 0.2) is 50.8 Å². The molecule has 0 spiro atoms. The molecule has 0 saturated carbocycles. The number of rotatable bonds is 7. The lowest BCUT2D eigenvalue weighted by molar-refractivity contribution is -0.122. The number of anilines is 1. The lowest BCUT2D eigenvalue weighted by Gasteiger charge is -2.17. The monoisotopic (exact) mass is 470 g/mol. The SMILES string of the molecule is CC[C@@H](CO)Nc1nc2c(C)cccn2c(=O)c1/C=C1/SC(=S)N(Cc2ccco2)C1=O. The Kier molecular flexibility index (Phi) is 6.45. The van der Waals surface area contributed by atoms with Gasteiger partial charge in [0.2, 0.25) is 0 Å². The molecule has 166 valence electrons. The van der Waals surface area contributed by atoms with E-state index in [1.54, 1.807) is 24.4 Å². The van der Waals surface area contributed by atoms with Gasteiger partial charge in [0.05, 0.1) is 35.9 Å². The van der Waals surface area contributed by atoms with Gasteiger partial charge in [0.15, 0.2) is 0 Å². The molecule has 10 heteroatoms. The van der Waals surface area contributed by atoms with Crippen LogP contribution in [0, 0.1) is 6.92 Å². The molecule has 0 radical (unpaired) electrons. The van der Waals surface area contributed by atoms with Crippen LogP contribution in [0.4, 0.5) is 5.82 Å². The van der Waals surface area contributed by atoms with Gasteiger partial charge in [0, 0.05) is 6.20 Å². The Bertz CT molecular complexity index is 1260. The molecule has 0 aliphatic carbocycles. The first-order valence-corrected chi connectivity index (χ1v) is 11.3.